The average Bonchev–Trinajstić information content (AvgIpc) is 2.46. The Hall–Kier alpha value is -2.06. The maximum absolute atomic E-state index is 13.0. The van der Waals surface area contributed by atoms with Crippen LogP contribution in [0, 0.1) is 0 Å². The highest BCUT2D eigenvalue weighted by Crippen LogP contribution is 2.23. The predicted molar refractivity (Wildman–Crippen MR) is 75.1 cm³/mol. The van der Waals surface area contributed by atoms with Crippen LogP contribution in [0.15, 0.2) is 42.5 Å². The van der Waals surface area contributed by atoms with Crippen molar-refractivity contribution < 1.29 is 31.3 Å². The zero-order valence-electron chi connectivity index (χ0n) is 11.2. The van der Waals surface area contributed by atoms with E-state index in [4.69, 9.17) is 4.55 Å². The Morgan fingerprint density at radius 2 is 1.77 bits per heavy atom. The summed E-state index contributed by atoms with van der Waals surface area (Å²) in [6.07, 6.45) is 0.134. The van der Waals surface area contributed by atoms with Crippen LogP contribution in [0.4, 0.5) is 8.78 Å². The lowest BCUT2D eigenvalue weighted by Crippen LogP contribution is -2.39. The number of alkyl halides is 2. The van der Waals surface area contributed by atoms with Crippen molar-refractivity contribution in [3.05, 3.63) is 48.0 Å². The molecule has 0 atom stereocenters. The fourth-order valence-corrected chi connectivity index (χ4v) is 2.22. The van der Waals surface area contributed by atoms with Crippen LogP contribution in [-0.4, -0.2) is 30.8 Å². The Kier molecular flexibility index (Phi) is 4.43. The van der Waals surface area contributed by atoms with Crippen molar-refractivity contribution >= 4 is 26.9 Å². The number of halogens is 2. The lowest BCUT2D eigenvalue weighted by molar-refractivity contribution is -0.161. The molecular formula is C14H12F2O5S. The Bertz CT molecular complexity index is 796. The minimum absolute atomic E-state index is 0.134. The molecule has 0 saturated carbocycles. The third-order valence-corrected chi connectivity index (χ3v) is 3.86. The predicted octanol–water partition coefficient (Wildman–Crippen LogP) is 2.41. The highest BCUT2D eigenvalue weighted by molar-refractivity contribution is 7.87. The van der Waals surface area contributed by atoms with Gasteiger partial charge in [-0.3, -0.25) is 4.55 Å². The van der Waals surface area contributed by atoms with Crippen molar-refractivity contribution in [1.82, 2.24) is 0 Å². The van der Waals surface area contributed by atoms with Gasteiger partial charge in [-0.05, 0) is 16.3 Å². The fraction of sp³-hybridized carbons (Fsp3) is 0.214. The van der Waals surface area contributed by atoms with Crippen LogP contribution < -0.4 is 0 Å². The first-order chi connectivity index (χ1) is 10.2. The summed E-state index contributed by atoms with van der Waals surface area (Å²) >= 11 is 0. The van der Waals surface area contributed by atoms with Gasteiger partial charge in [-0.25, -0.2) is 4.79 Å². The average molecular weight is 330 g/mol. The summed E-state index contributed by atoms with van der Waals surface area (Å²) in [6.45, 7) is -0.433. The van der Waals surface area contributed by atoms with Crippen LogP contribution in [0.3, 0.4) is 0 Å². The molecule has 0 spiro atoms. The molecule has 1 N–H and O–H groups in total. The van der Waals surface area contributed by atoms with Gasteiger partial charge >= 0.3 is 21.3 Å². The van der Waals surface area contributed by atoms with Crippen LogP contribution in [0.5, 0.6) is 0 Å². The third-order valence-electron chi connectivity index (χ3n) is 3.05. The smallest absolute Gasteiger partial charge is 0.460 e. The topological polar surface area (TPSA) is 80.7 Å². The van der Waals surface area contributed by atoms with Gasteiger partial charge in [0, 0.05) is 6.42 Å². The van der Waals surface area contributed by atoms with E-state index in [0.717, 1.165) is 16.3 Å². The van der Waals surface area contributed by atoms with E-state index < -0.39 is 27.9 Å². The number of fused-ring (bicyclic) bond motifs is 1. The summed E-state index contributed by atoms with van der Waals surface area (Å²) in [5.41, 5.74) is 0.765. The molecule has 2 rings (SSSR count). The molecule has 5 nitrogen and oxygen atoms in total. The van der Waals surface area contributed by atoms with Crippen molar-refractivity contribution in [1.29, 1.82) is 0 Å². The van der Waals surface area contributed by atoms with Crippen LogP contribution in [0.1, 0.15) is 5.56 Å². The molecule has 0 amide bonds. The van der Waals surface area contributed by atoms with E-state index in [1.54, 1.807) is 12.1 Å². The second-order valence-electron chi connectivity index (χ2n) is 4.52. The molecule has 0 fully saturated rings. The molecule has 0 unspecified atom stereocenters. The second-order valence-corrected chi connectivity index (χ2v) is 5.98. The maximum atomic E-state index is 13.0. The van der Waals surface area contributed by atoms with Gasteiger partial charge in [-0.15, -0.1) is 0 Å². The van der Waals surface area contributed by atoms with Crippen molar-refractivity contribution in [2.75, 3.05) is 6.61 Å². The number of esters is 1. The van der Waals surface area contributed by atoms with E-state index in [1.807, 2.05) is 30.3 Å². The first-order valence-electron chi connectivity index (χ1n) is 6.22. The first kappa shape index (κ1) is 16.3. The SMILES string of the molecule is O=C(OCCc1cccc2ccccc12)C(F)(F)S(=O)(=O)O. The van der Waals surface area contributed by atoms with Gasteiger partial charge in [-0.2, -0.15) is 17.2 Å². The van der Waals surface area contributed by atoms with Crippen LogP contribution in [0.2, 0.25) is 0 Å². The molecule has 2 aromatic carbocycles. The molecule has 0 aliphatic rings. The molecule has 8 heteroatoms. The third kappa shape index (κ3) is 3.23. The van der Waals surface area contributed by atoms with E-state index in [2.05, 4.69) is 4.74 Å². The quantitative estimate of drug-likeness (QED) is 0.672. The summed E-state index contributed by atoms with van der Waals surface area (Å²) in [6, 6.07) is 12.8. The molecule has 118 valence electrons. The molecule has 0 bridgehead atoms. The minimum Gasteiger partial charge on any atom is -0.460 e. The number of hydrogen-bond acceptors (Lipinski definition) is 4. The van der Waals surface area contributed by atoms with Crippen molar-refractivity contribution in [3.8, 4) is 0 Å². The van der Waals surface area contributed by atoms with E-state index in [0.29, 0.717) is 0 Å². The molecule has 0 radical (unpaired) electrons. The molecule has 0 aliphatic heterocycles. The zero-order valence-corrected chi connectivity index (χ0v) is 12.0. The van der Waals surface area contributed by atoms with Crippen molar-refractivity contribution in [2.24, 2.45) is 0 Å². The van der Waals surface area contributed by atoms with E-state index in [-0.39, 0.29) is 6.42 Å². The first-order valence-corrected chi connectivity index (χ1v) is 7.66. The number of hydrogen-bond donors (Lipinski definition) is 1. The van der Waals surface area contributed by atoms with E-state index >= 15 is 0 Å². The van der Waals surface area contributed by atoms with E-state index in [9.17, 15) is 22.0 Å². The van der Waals surface area contributed by atoms with Crippen molar-refractivity contribution in [3.63, 3.8) is 0 Å². The molecule has 22 heavy (non-hydrogen) atoms. The Morgan fingerprint density at radius 1 is 1.14 bits per heavy atom. The Morgan fingerprint density at radius 3 is 2.45 bits per heavy atom. The summed E-state index contributed by atoms with van der Waals surface area (Å²) in [7, 11) is -5.84. The fourth-order valence-electron chi connectivity index (χ4n) is 1.95. The van der Waals surface area contributed by atoms with Crippen LogP contribution in [0.25, 0.3) is 10.8 Å². The van der Waals surface area contributed by atoms with Crippen LogP contribution >= 0.6 is 0 Å². The number of carbonyl (C=O) groups is 1. The van der Waals surface area contributed by atoms with Gasteiger partial charge in [0.2, 0.25) is 0 Å². The normalized spacial score (nSPS) is 12.3. The molecule has 0 aliphatic carbocycles. The lowest BCUT2D eigenvalue weighted by atomic mass is 10.0. The number of rotatable bonds is 5. The number of carbonyl (C=O) groups excluding carboxylic acids is 1. The van der Waals surface area contributed by atoms with Crippen molar-refractivity contribution in [2.45, 2.75) is 11.7 Å². The number of benzene rings is 2. The molecule has 0 aromatic heterocycles. The Balaban J connectivity index is 2.06. The highest BCUT2D eigenvalue weighted by Gasteiger charge is 2.54. The molecule has 0 heterocycles. The largest absolute Gasteiger partial charge is 0.465 e. The lowest BCUT2D eigenvalue weighted by Gasteiger charge is -2.12. The summed E-state index contributed by atoms with van der Waals surface area (Å²) in [4.78, 5) is 11.1. The summed E-state index contributed by atoms with van der Waals surface area (Å²) in [5, 5.41) is -3.15. The van der Waals surface area contributed by atoms with E-state index in [1.165, 1.54) is 0 Å². The summed E-state index contributed by atoms with van der Waals surface area (Å²) in [5.74, 6) is -2.30. The van der Waals surface area contributed by atoms with Gasteiger partial charge in [0.25, 0.3) is 0 Å². The maximum Gasteiger partial charge on any atom is 0.465 e. The Labute approximate surface area is 125 Å². The van der Waals surface area contributed by atoms with Gasteiger partial charge in [-0.1, -0.05) is 42.5 Å². The summed E-state index contributed by atoms with van der Waals surface area (Å²) < 4.78 is 59.3. The van der Waals surface area contributed by atoms with Gasteiger partial charge < -0.3 is 4.74 Å². The van der Waals surface area contributed by atoms with Crippen LogP contribution in [-0.2, 0) is 26.1 Å². The van der Waals surface area contributed by atoms with Gasteiger partial charge in [0.15, 0.2) is 0 Å². The second kappa shape index (κ2) is 5.98. The monoisotopic (exact) mass is 330 g/mol. The molecule has 2 aromatic rings. The zero-order chi connectivity index (χ0) is 16.4. The number of ether oxygens (including phenoxy) is 1. The highest BCUT2D eigenvalue weighted by atomic mass is 32.2. The minimum atomic E-state index is -5.84. The molecular weight excluding hydrogens is 318 g/mol. The van der Waals surface area contributed by atoms with Gasteiger partial charge in [0.05, 0.1) is 6.61 Å². The van der Waals surface area contributed by atoms with Gasteiger partial charge in [0.1, 0.15) is 0 Å². The molecule has 0 saturated heterocycles. The standard InChI is InChI=1S/C14H12F2O5S/c15-14(16,22(18,19)20)13(17)21-9-8-11-6-3-5-10-4-1-2-7-12(10)11/h1-7H,8-9H2,(H,18,19,20).